The number of likely N-dealkylation sites (N-methyl/N-ethyl adjacent to an activating group) is 1. The molecule has 1 aromatic heterocycles. The van der Waals surface area contributed by atoms with Crippen molar-refractivity contribution >= 4 is 16.9 Å². The van der Waals surface area contributed by atoms with E-state index < -0.39 is 0 Å². The van der Waals surface area contributed by atoms with E-state index in [0.29, 0.717) is 26.2 Å². The maximum Gasteiger partial charge on any atom is 0.234 e. The molecule has 1 heterocycles. The molecule has 1 N–H and O–H groups in total. The van der Waals surface area contributed by atoms with Crippen LogP contribution in [0.4, 0.5) is 0 Å². The second-order valence-electron chi connectivity index (χ2n) is 7.05. The lowest BCUT2D eigenvalue weighted by Gasteiger charge is -2.16. The first-order chi connectivity index (χ1) is 13.6. The third-order valence-electron chi connectivity index (χ3n) is 4.77. The average molecular weight is 380 g/mol. The van der Waals surface area contributed by atoms with Gasteiger partial charge in [-0.05, 0) is 24.2 Å². The van der Waals surface area contributed by atoms with E-state index in [9.17, 15) is 4.79 Å². The van der Waals surface area contributed by atoms with Gasteiger partial charge in [-0.25, -0.2) is 0 Å². The van der Waals surface area contributed by atoms with Gasteiger partial charge in [0.05, 0.1) is 13.2 Å². The molecule has 0 saturated heterocycles. The molecule has 0 aliphatic heterocycles. The average Bonchev–Trinajstić information content (AvgIpc) is 3.05. The van der Waals surface area contributed by atoms with Crippen LogP contribution in [0.15, 0.2) is 52.9 Å². The van der Waals surface area contributed by atoms with Crippen LogP contribution in [0.1, 0.15) is 29.4 Å². The number of carbonyl (C=O) groups excluding carboxylic acids is 1. The van der Waals surface area contributed by atoms with E-state index in [1.54, 1.807) is 7.11 Å². The molecule has 0 aliphatic carbocycles. The number of carbonyl (C=O) groups is 1. The van der Waals surface area contributed by atoms with Crippen LogP contribution in [0.5, 0.6) is 0 Å². The molecule has 5 nitrogen and oxygen atoms in total. The third-order valence-corrected chi connectivity index (χ3v) is 4.77. The van der Waals surface area contributed by atoms with Crippen LogP contribution in [-0.2, 0) is 35.6 Å². The van der Waals surface area contributed by atoms with Gasteiger partial charge in [-0.3, -0.25) is 9.69 Å². The molecule has 28 heavy (non-hydrogen) atoms. The maximum absolute atomic E-state index is 12.3. The number of furan rings is 1. The molecule has 2 aromatic carbocycles. The number of methoxy groups -OCH3 is 1. The highest BCUT2D eigenvalue weighted by Crippen LogP contribution is 2.27. The highest BCUT2D eigenvalue weighted by atomic mass is 16.5. The summed E-state index contributed by atoms with van der Waals surface area (Å²) in [5, 5.41) is 4.12. The van der Waals surface area contributed by atoms with Crippen molar-refractivity contribution < 1.29 is 13.9 Å². The van der Waals surface area contributed by atoms with Gasteiger partial charge in [-0.15, -0.1) is 0 Å². The van der Waals surface area contributed by atoms with Crippen LogP contribution in [0.3, 0.4) is 0 Å². The Morgan fingerprint density at radius 2 is 1.82 bits per heavy atom. The molecule has 1 amide bonds. The van der Waals surface area contributed by atoms with Crippen LogP contribution in [0, 0.1) is 0 Å². The molecule has 0 unspecified atom stereocenters. The van der Waals surface area contributed by atoms with Crippen molar-refractivity contribution in [1.29, 1.82) is 0 Å². The zero-order valence-electron chi connectivity index (χ0n) is 16.8. The minimum atomic E-state index is 0.00863. The molecule has 0 fully saturated rings. The minimum Gasteiger partial charge on any atom is -0.461 e. The summed E-state index contributed by atoms with van der Waals surface area (Å²) < 4.78 is 11.1. The Morgan fingerprint density at radius 1 is 1.11 bits per heavy atom. The monoisotopic (exact) mass is 380 g/mol. The fraction of sp³-hybridized carbons (Fsp3) is 0.348. The standard InChI is InChI=1S/C23H28N2O3/c1-4-21-20(19-7-5-6-8-22(19)28-21)14-25(2)15-23(26)24-13-17-9-11-18(12-10-17)16-27-3/h5-12H,4,13-16H2,1-3H3,(H,24,26). The lowest BCUT2D eigenvalue weighted by molar-refractivity contribution is -0.122. The Labute approximate surface area is 166 Å². The van der Waals surface area contributed by atoms with Crippen LogP contribution in [-0.4, -0.2) is 31.5 Å². The molecule has 0 atom stereocenters. The summed E-state index contributed by atoms with van der Waals surface area (Å²) in [6, 6.07) is 16.1. The summed E-state index contributed by atoms with van der Waals surface area (Å²) >= 11 is 0. The predicted molar refractivity (Wildman–Crippen MR) is 111 cm³/mol. The van der Waals surface area contributed by atoms with E-state index >= 15 is 0 Å². The topological polar surface area (TPSA) is 54.7 Å². The Morgan fingerprint density at radius 3 is 2.54 bits per heavy atom. The fourth-order valence-corrected chi connectivity index (χ4v) is 3.36. The smallest absolute Gasteiger partial charge is 0.234 e. The molecular formula is C23H28N2O3. The van der Waals surface area contributed by atoms with Crippen LogP contribution >= 0.6 is 0 Å². The van der Waals surface area contributed by atoms with Gasteiger partial charge in [0.25, 0.3) is 0 Å². The molecule has 148 valence electrons. The number of ether oxygens (including phenoxy) is 1. The van der Waals surface area contributed by atoms with Crippen LogP contribution in [0.2, 0.25) is 0 Å². The molecule has 0 spiro atoms. The number of hydrogen-bond acceptors (Lipinski definition) is 4. The number of para-hydroxylation sites is 1. The zero-order valence-corrected chi connectivity index (χ0v) is 16.8. The van der Waals surface area contributed by atoms with Gasteiger partial charge < -0.3 is 14.5 Å². The normalized spacial score (nSPS) is 11.3. The van der Waals surface area contributed by atoms with E-state index in [0.717, 1.165) is 34.3 Å². The number of rotatable bonds is 9. The number of aryl methyl sites for hydroxylation is 1. The fourth-order valence-electron chi connectivity index (χ4n) is 3.36. The highest BCUT2D eigenvalue weighted by molar-refractivity contribution is 5.82. The predicted octanol–water partition coefficient (Wildman–Crippen LogP) is 3.89. The molecule has 0 bridgehead atoms. The molecule has 0 radical (unpaired) electrons. The lowest BCUT2D eigenvalue weighted by Crippen LogP contribution is -2.34. The highest BCUT2D eigenvalue weighted by Gasteiger charge is 2.15. The molecule has 0 saturated carbocycles. The Kier molecular flexibility index (Phi) is 6.85. The van der Waals surface area contributed by atoms with E-state index in [1.807, 2.05) is 54.4 Å². The number of amides is 1. The third kappa shape index (κ3) is 5.00. The van der Waals surface area contributed by atoms with Crippen molar-refractivity contribution in [1.82, 2.24) is 10.2 Å². The van der Waals surface area contributed by atoms with E-state index in [2.05, 4.69) is 18.3 Å². The largest absolute Gasteiger partial charge is 0.461 e. The van der Waals surface area contributed by atoms with E-state index in [1.165, 1.54) is 5.56 Å². The van der Waals surface area contributed by atoms with Crippen LogP contribution in [0.25, 0.3) is 11.0 Å². The number of nitrogens with one attached hydrogen (secondary N) is 1. The number of fused-ring (bicyclic) bond motifs is 1. The van der Waals surface area contributed by atoms with Gasteiger partial charge in [-0.1, -0.05) is 49.4 Å². The van der Waals surface area contributed by atoms with Crippen molar-refractivity contribution in [3.63, 3.8) is 0 Å². The Bertz CT molecular complexity index is 915. The summed E-state index contributed by atoms with van der Waals surface area (Å²) in [4.78, 5) is 14.4. The number of hydrogen-bond donors (Lipinski definition) is 1. The first-order valence-electron chi connectivity index (χ1n) is 9.62. The van der Waals surface area contributed by atoms with Gasteiger partial charge in [0, 0.05) is 37.6 Å². The number of nitrogens with zero attached hydrogens (tertiary/aromatic N) is 1. The SMILES string of the molecule is CCc1oc2ccccc2c1CN(C)CC(=O)NCc1ccc(COC)cc1. The Hall–Kier alpha value is -2.63. The summed E-state index contributed by atoms with van der Waals surface area (Å²) in [6.07, 6.45) is 0.836. The molecular weight excluding hydrogens is 352 g/mol. The first-order valence-corrected chi connectivity index (χ1v) is 9.62. The van der Waals surface area contributed by atoms with Gasteiger partial charge >= 0.3 is 0 Å². The summed E-state index contributed by atoms with van der Waals surface area (Å²) in [5.74, 6) is 0.999. The molecule has 3 rings (SSSR count). The minimum absolute atomic E-state index is 0.00863. The van der Waals surface area contributed by atoms with Crippen molar-refractivity contribution in [3.8, 4) is 0 Å². The van der Waals surface area contributed by atoms with E-state index in [-0.39, 0.29) is 5.91 Å². The molecule has 5 heteroatoms. The van der Waals surface area contributed by atoms with Gasteiger partial charge in [-0.2, -0.15) is 0 Å². The summed E-state index contributed by atoms with van der Waals surface area (Å²) in [7, 11) is 3.64. The summed E-state index contributed by atoms with van der Waals surface area (Å²) in [6.45, 7) is 4.23. The maximum atomic E-state index is 12.3. The zero-order chi connectivity index (χ0) is 19.9. The van der Waals surface area contributed by atoms with Crippen molar-refractivity contribution in [3.05, 3.63) is 71.0 Å². The number of benzene rings is 2. The summed E-state index contributed by atoms with van der Waals surface area (Å²) in [5.41, 5.74) is 4.27. The van der Waals surface area contributed by atoms with Crippen molar-refractivity contribution in [2.75, 3.05) is 20.7 Å². The van der Waals surface area contributed by atoms with Gasteiger partial charge in [0.2, 0.25) is 5.91 Å². The quantitative estimate of drug-likeness (QED) is 0.612. The molecule has 3 aromatic rings. The van der Waals surface area contributed by atoms with Gasteiger partial charge in [0.1, 0.15) is 11.3 Å². The first kappa shape index (κ1) is 20.1. The van der Waals surface area contributed by atoms with E-state index in [4.69, 9.17) is 9.15 Å². The van der Waals surface area contributed by atoms with Crippen molar-refractivity contribution in [2.45, 2.75) is 33.0 Å². The lowest BCUT2D eigenvalue weighted by atomic mass is 10.1. The van der Waals surface area contributed by atoms with Gasteiger partial charge in [0.15, 0.2) is 0 Å². The second-order valence-corrected chi connectivity index (χ2v) is 7.05. The van der Waals surface area contributed by atoms with Crippen molar-refractivity contribution in [2.24, 2.45) is 0 Å². The van der Waals surface area contributed by atoms with Crippen LogP contribution < -0.4 is 5.32 Å². The second kappa shape index (κ2) is 9.53. The molecule has 0 aliphatic rings. The Balaban J connectivity index is 1.54.